The summed E-state index contributed by atoms with van der Waals surface area (Å²) in [6.45, 7) is 9.40. The molecule has 1 aromatic carbocycles. The van der Waals surface area contributed by atoms with Crippen LogP contribution < -0.4 is 5.73 Å². The number of thiol groups is 1. The SMILES string of the molecule is Cc1[nH]c2ccccc2c1CCN.[CH2-]CCCOCCOCCS.[CH3-].[Y]. The van der Waals surface area contributed by atoms with E-state index in [1.165, 1.54) is 22.2 Å². The standard InChI is InChI=1S/C11H14N2.C8H17O2S.CH3.Y/c1-8-9(6-7-12)10-4-2-3-5-11(10)13-8;1-2-3-4-9-5-6-10-7-8-11;;/h2-5,13H,6-7,12H2,1H3;11H,1-8H2;1H3;/q;2*-1;. The number of unbranched alkanes of at least 4 members (excludes halogenated alkanes) is 1. The normalized spacial score (nSPS) is 9.85. The molecule has 0 aliphatic heterocycles. The maximum Gasteiger partial charge on any atom is 0.0700 e. The summed E-state index contributed by atoms with van der Waals surface area (Å²) >= 11 is 4.01. The Balaban J connectivity index is 0. The number of ether oxygens (including phenoxy) is 2. The molecule has 1 aromatic heterocycles. The Hall–Kier alpha value is 0.0939. The van der Waals surface area contributed by atoms with Crippen LogP contribution in [-0.4, -0.2) is 43.7 Å². The van der Waals surface area contributed by atoms with Gasteiger partial charge in [-0.25, -0.2) is 0 Å². The summed E-state index contributed by atoms with van der Waals surface area (Å²) in [7, 11) is 0. The second-order valence-electron chi connectivity index (χ2n) is 5.47. The van der Waals surface area contributed by atoms with Gasteiger partial charge in [0.2, 0.25) is 0 Å². The summed E-state index contributed by atoms with van der Waals surface area (Å²) in [5.41, 5.74) is 9.38. The molecular weight excluding hydrogens is 421 g/mol. The van der Waals surface area contributed by atoms with Gasteiger partial charge in [0, 0.05) is 61.7 Å². The van der Waals surface area contributed by atoms with Crippen LogP contribution in [0.5, 0.6) is 0 Å². The first-order chi connectivity index (χ1) is 11.7. The van der Waals surface area contributed by atoms with E-state index in [4.69, 9.17) is 15.2 Å². The van der Waals surface area contributed by atoms with E-state index >= 15 is 0 Å². The number of aryl methyl sites for hydroxylation is 1. The third-order valence-corrected chi connectivity index (χ3v) is 3.75. The maximum absolute atomic E-state index is 5.57. The summed E-state index contributed by atoms with van der Waals surface area (Å²) in [6, 6.07) is 8.35. The molecule has 147 valence electrons. The Morgan fingerprint density at radius 3 is 2.38 bits per heavy atom. The number of benzene rings is 1. The van der Waals surface area contributed by atoms with Crippen LogP contribution in [0, 0.1) is 21.3 Å². The van der Waals surface area contributed by atoms with E-state index < -0.39 is 0 Å². The zero-order valence-electron chi connectivity index (χ0n) is 16.3. The van der Waals surface area contributed by atoms with Crippen LogP contribution in [0.2, 0.25) is 0 Å². The fourth-order valence-corrected chi connectivity index (χ4v) is 2.52. The Bertz CT molecular complexity index is 556. The van der Waals surface area contributed by atoms with Crippen molar-refractivity contribution in [2.75, 3.05) is 38.7 Å². The molecule has 1 heterocycles. The largest absolute Gasteiger partial charge is 0.379 e. The van der Waals surface area contributed by atoms with Crippen LogP contribution >= 0.6 is 12.6 Å². The maximum atomic E-state index is 5.57. The molecule has 0 aliphatic carbocycles. The molecule has 6 heteroatoms. The second-order valence-corrected chi connectivity index (χ2v) is 5.92. The first-order valence-electron chi connectivity index (χ1n) is 8.56. The van der Waals surface area contributed by atoms with Crippen molar-refractivity contribution in [2.24, 2.45) is 5.73 Å². The summed E-state index contributed by atoms with van der Waals surface area (Å²) < 4.78 is 10.4. The zero-order chi connectivity index (χ0) is 17.6. The van der Waals surface area contributed by atoms with Gasteiger partial charge in [0.15, 0.2) is 0 Å². The molecule has 0 bridgehead atoms. The number of para-hydroxylation sites is 1. The Morgan fingerprint density at radius 1 is 1.12 bits per heavy atom. The van der Waals surface area contributed by atoms with Crippen molar-refractivity contribution >= 4 is 23.5 Å². The van der Waals surface area contributed by atoms with Gasteiger partial charge in [-0.3, -0.25) is 0 Å². The van der Waals surface area contributed by atoms with Gasteiger partial charge in [-0.2, -0.15) is 19.0 Å². The number of H-pyrrole nitrogens is 1. The van der Waals surface area contributed by atoms with Crippen LogP contribution in [0.15, 0.2) is 24.3 Å². The van der Waals surface area contributed by atoms with E-state index in [1.54, 1.807) is 0 Å². The van der Waals surface area contributed by atoms with Crippen LogP contribution in [0.25, 0.3) is 10.9 Å². The number of hydrogen-bond acceptors (Lipinski definition) is 4. The van der Waals surface area contributed by atoms with Crippen molar-refractivity contribution in [3.05, 3.63) is 49.9 Å². The number of fused-ring (bicyclic) bond motifs is 1. The first-order valence-corrected chi connectivity index (χ1v) is 9.19. The number of aromatic nitrogens is 1. The molecule has 26 heavy (non-hydrogen) atoms. The molecule has 1 radical (unpaired) electrons. The molecule has 3 N–H and O–H groups in total. The molecule has 0 fully saturated rings. The smallest absolute Gasteiger partial charge is 0.0700 e. The minimum Gasteiger partial charge on any atom is -0.379 e. The Labute approximate surface area is 190 Å². The fourth-order valence-electron chi connectivity index (χ4n) is 2.39. The van der Waals surface area contributed by atoms with Gasteiger partial charge in [0.1, 0.15) is 0 Å². The van der Waals surface area contributed by atoms with E-state index in [9.17, 15) is 0 Å². The summed E-state index contributed by atoms with van der Waals surface area (Å²) in [5.74, 6) is 0.777. The molecule has 2 aromatic rings. The van der Waals surface area contributed by atoms with E-state index in [-0.39, 0.29) is 40.1 Å². The molecular formula is C20H34N2O2SY-2. The third-order valence-electron chi connectivity index (χ3n) is 3.57. The predicted octanol–water partition coefficient (Wildman–Crippen LogP) is 3.99. The number of nitrogens with two attached hydrogens (primary N) is 1. The topological polar surface area (TPSA) is 60.3 Å². The third kappa shape index (κ3) is 11.1. The van der Waals surface area contributed by atoms with Crippen LogP contribution in [0.1, 0.15) is 24.1 Å². The molecule has 0 spiro atoms. The average Bonchev–Trinajstić information content (AvgIpc) is 2.91. The van der Waals surface area contributed by atoms with Crippen molar-refractivity contribution < 1.29 is 42.2 Å². The zero-order valence-corrected chi connectivity index (χ0v) is 20.0. The van der Waals surface area contributed by atoms with Gasteiger partial charge in [0.25, 0.3) is 0 Å². The first kappa shape index (κ1) is 28.3. The van der Waals surface area contributed by atoms with Gasteiger partial charge in [-0.15, -0.1) is 0 Å². The van der Waals surface area contributed by atoms with E-state index in [1.807, 2.05) is 6.07 Å². The van der Waals surface area contributed by atoms with Crippen molar-refractivity contribution in [2.45, 2.75) is 26.2 Å². The van der Waals surface area contributed by atoms with Gasteiger partial charge < -0.3 is 34.5 Å². The summed E-state index contributed by atoms with van der Waals surface area (Å²) in [6.07, 6.45) is 2.93. The van der Waals surface area contributed by atoms with Crippen molar-refractivity contribution in [3.63, 3.8) is 0 Å². The van der Waals surface area contributed by atoms with Crippen molar-refractivity contribution in [1.82, 2.24) is 4.98 Å². The number of hydrogen-bond donors (Lipinski definition) is 3. The molecule has 0 aliphatic rings. The van der Waals surface area contributed by atoms with Crippen LogP contribution in [0.3, 0.4) is 0 Å². The Morgan fingerprint density at radius 2 is 1.77 bits per heavy atom. The van der Waals surface area contributed by atoms with Crippen LogP contribution in [0.4, 0.5) is 0 Å². The molecule has 0 unspecified atom stereocenters. The Kier molecular flexibility index (Phi) is 20.1. The monoisotopic (exact) mass is 455 g/mol. The average molecular weight is 455 g/mol. The second kappa shape index (κ2) is 18.5. The molecule has 2 rings (SSSR count). The molecule has 0 atom stereocenters. The minimum atomic E-state index is 0. The fraction of sp³-hybridized carbons (Fsp3) is 0.500. The van der Waals surface area contributed by atoms with Crippen molar-refractivity contribution in [1.29, 1.82) is 0 Å². The summed E-state index contributed by atoms with van der Waals surface area (Å²) in [4.78, 5) is 3.36. The minimum absolute atomic E-state index is 0. The predicted molar refractivity (Wildman–Crippen MR) is 112 cm³/mol. The number of aromatic amines is 1. The van der Waals surface area contributed by atoms with Crippen molar-refractivity contribution in [3.8, 4) is 0 Å². The van der Waals surface area contributed by atoms with E-state index in [2.05, 4.69) is 49.7 Å². The molecule has 0 saturated carbocycles. The van der Waals surface area contributed by atoms with E-state index in [0.29, 0.717) is 26.4 Å². The number of rotatable bonds is 10. The van der Waals surface area contributed by atoms with Gasteiger partial charge in [-0.1, -0.05) is 24.6 Å². The van der Waals surface area contributed by atoms with E-state index in [0.717, 1.165) is 31.6 Å². The number of nitrogens with one attached hydrogen (secondary N) is 1. The van der Waals surface area contributed by atoms with Crippen LogP contribution in [-0.2, 0) is 48.6 Å². The molecule has 4 nitrogen and oxygen atoms in total. The van der Waals surface area contributed by atoms with Gasteiger partial charge in [0.05, 0.1) is 19.8 Å². The molecule has 0 saturated heterocycles. The quantitative estimate of drug-likeness (QED) is 0.289. The van der Waals surface area contributed by atoms with Gasteiger partial charge in [-0.05, 0) is 31.5 Å². The van der Waals surface area contributed by atoms with Gasteiger partial charge >= 0.3 is 0 Å². The molecule has 0 amide bonds. The summed E-state index contributed by atoms with van der Waals surface area (Å²) in [5, 5.41) is 1.31.